The molecule has 1 aromatic carbocycles. The first-order chi connectivity index (χ1) is 8.70. The fourth-order valence-corrected chi connectivity index (χ4v) is 2.06. The fraction of sp³-hybridized carbons (Fsp3) is 0.0833. The number of carbonyl (C=O) groups excluding carboxylic acids is 1. The lowest BCUT2D eigenvalue weighted by atomic mass is 10.2. The summed E-state index contributed by atoms with van der Waals surface area (Å²) in [5.74, 6) is -0.255. The topological polar surface area (TPSA) is 81.7 Å². The minimum absolute atomic E-state index is 0.0715. The average molecular weight is 258 g/mol. The van der Waals surface area contributed by atoms with E-state index in [1.807, 2.05) is 6.07 Å². The summed E-state index contributed by atoms with van der Waals surface area (Å²) in [6, 6.07) is 8.83. The number of amides is 1. The molecule has 90 valence electrons. The number of thiazole rings is 1. The summed E-state index contributed by atoms with van der Waals surface area (Å²) < 4.78 is 1.54. The number of anilines is 1. The quantitative estimate of drug-likeness (QED) is 0.875. The number of hydrogen-bond acceptors (Lipinski definition) is 4. The van der Waals surface area contributed by atoms with Crippen LogP contribution in [0.4, 0.5) is 5.69 Å². The number of aromatic nitrogens is 1. The largest absolute Gasteiger partial charge is 0.323 e. The van der Waals surface area contributed by atoms with Gasteiger partial charge in [0, 0.05) is 11.6 Å². The first kappa shape index (κ1) is 12.1. The maximum absolute atomic E-state index is 11.8. The van der Waals surface area contributed by atoms with Gasteiger partial charge in [-0.25, -0.2) is 0 Å². The highest BCUT2D eigenvalue weighted by atomic mass is 32.1. The van der Waals surface area contributed by atoms with Crippen LogP contribution in [0, 0.1) is 16.7 Å². The molecule has 2 rings (SSSR count). The zero-order valence-corrected chi connectivity index (χ0v) is 10.2. The van der Waals surface area contributed by atoms with E-state index in [2.05, 4.69) is 5.32 Å². The van der Waals surface area contributed by atoms with Crippen LogP contribution in [0.3, 0.4) is 0 Å². The zero-order chi connectivity index (χ0) is 13.0. The maximum Gasteiger partial charge on any atom is 0.244 e. The second-order valence-corrected chi connectivity index (χ2v) is 4.44. The van der Waals surface area contributed by atoms with E-state index in [9.17, 15) is 4.79 Å². The second-order valence-electron chi connectivity index (χ2n) is 3.54. The molecule has 0 unspecified atom stereocenters. The van der Waals surface area contributed by atoms with E-state index in [0.717, 1.165) is 0 Å². The van der Waals surface area contributed by atoms with Gasteiger partial charge < -0.3 is 9.88 Å². The Bertz CT molecular complexity index is 665. The third-order valence-electron chi connectivity index (χ3n) is 2.32. The molecule has 0 aliphatic carbocycles. The van der Waals surface area contributed by atoms with Crippen LogP contribution in [0.15, 0.2) is 35.8 Å². The number of carbonyl (C=O) groups is 1. The molecule has 0 radical (unpaired) electrons. The molecule has 1 aromatic heterocycles. The van der Waals surface area contributed by atoms with E-state index in [-0.39, 0.29) is 12.5 Å². The van der Waals surface area contributed by atoms with Crippen LogP contribution in [-0.2, 0) is 11.3 Å². The van der Waals surface area contributed by atoms with Crippen molar-refractivity contribution in [3.05, 3.63) is 46.2 Å². The molecule has 0 saturated carbocycles. The first-order valence-electron chi connectivity index (χ1n) is 5.18. The van der Waals surface area contributed by atoms with E-state index < -0.39 is 0 Å². The third-order valence-corrected chi connectivity index (χ3v) is 3.03. The molecule has 0 spiro atoms. The van der Waals surface area contributed by atoms with Crippen molar-refractivity contribution in [2.24, 2.45) is 0 Å². The predicted octanol–water partition coefficient (Wildman–Crippen LogP) is 1.54. The van der Waals surface area contributed by atoms with E-state index in [0.29, 0.717) is 16.1 Å². The minimum atomic E-state index is -0.255. The monoisotopic (exact) mass is 258 g/mol. The summed E-state index contributed by atoms with van der Waals surface area (Å²) in [5.41, 5.74) is 0.916. The maximum atomic E-state index is 11.8. The summed E-state index contributed by atoms with van der Waals surface area (Å²) >= 11 is 1.26. The Kier molecular flexibility index (Phi) is 3.55. The Morgan fingerprint density at radius 2 is 2.28 bits per heavy atom. The van der Waals surface area contributed by atoms with Gasteiger partial charge in [0.2, 0.25) is 5.91 Å². The summed E-state index contributed by atoms with van der Waals surface area (Å²) in [4.78, 5) is 12.1. The number of nitrogens with zero attached hydrogens (tertiary/aromatic N) is 2. The summed E-state index contributed by atoms with van der Waals surface area (Å²) in [6.45, 7) is 0.0715. The van der Waals surface area contributed by atoms with Crippen LogP contribution in [0.5, 0.6) is 0 Å². The molecule has 0 aliphatic rings. The Hall–Kier alpha value is -2.39. The SMILES string of the molecule is N#Cc1ccccc1NC(=O)Cn1ccsc1=N. The Morgan fingerprint density at radius 3 is 2.94 bits per heavy atom. The Labute approximate surface area is 107 Å². The van der Waals surface area contributed by atoms with Crippen molar-refractivity contribution in [1.29, 1.82) is 10.7 Å². The molecule has 18 heavy (non-hydrogen) atoms. The van der Waals surface area contributed by atoms with Crippen LogP contribution < -0.4 is 10.1 Å². The molecule has 0 saturated heterocycles. The lowest BCUT2D eigenvalue weighted by Gasteiger charge is -2.07. The van der Waals surface area contributed by atoms with Gasteiger partial charge in [-0.2, -0.15) is 5.26 Å². The molecule has 1 amide bonds. The molecule has 0 fully saturated rings. The fourth-order valence-electron chi connectivity index (χ4n) is 1.46. The Morgan fingerprint density at radius 1 is 1.50 bits per heavy atom. The van der Waals surface area contributed by atoms with Gasteiger partial charge in [0.15, 0.2) is 4.80 Å². The van der Waals surface area contributed by atoms with Crippen molar-refractivity contribution in [1.82, 2.24) is 4.57 Å². The van der Waals surface area contributed by atoms with Gasteiger partial charge in [-0.1, -0.05) is 12.1 Å². The molecule has 0 atom stereocenters. The molecule has 5 nitrogen and oxygen atoms in total. The lowest BCUT2D eigenvalue weighted by Crippen LogP contribution is -2.24. The van der Waals surface area contributed by atoms with Gasteiger partial charge in [-0.3, -0.25) is 10.2 Å². The van der Waals surface area contributed by atoms with Crippen LogP contribution >= 0.6 is 11.3 Å². The standard InChI is InChI=1S/C12H10N4OS/c13-7-9-3-1-2-4-10(9)15-11(17)8-16-5-6-18-12(16)14/h1-6,14H,8H2,(H,15,17). The number of rotatable bonds is 3. The molecular formula is C12H10N4OS. The van der Waals surface area contributed by atoms with Crippen LogP contribution in [0.2, 0.25) is 0 Å². The van der Waals surface area contributed by atoms with Gasteiger partial charge in [-0.15, -0.1) is 11.3 Å². The van der Waals surface area contributed by atoms with E-state index in [1.54, 1.807) is 35.8 Å². The highest BCUT2D eigenvalue weighted by Crippen LogP contribution is 2.13. The van der Waals surface area contributed by atoms with Crippen molar-refractivity contribution in [3.8, 4) is 6.07 Å². The van der Waals surface area contributed by atoms with Gasteiger partial charge in [0.05, 0.1) is 11.3 Å². The highest BCUT2D eigenvalue weighted by molar-refractivity contribution is 7.06. The molecule has 0 bridgehead atoms. The first-order valence-corrected chi connectivity index (χ1v) is 6.06. The molecule has 6 heteroatoms. The third kappa shape index (κ3) is 2.64. The van der Waals surface area contributed by atoms with Gasteiger partial charge in [0.1, 0.15) is 12.6 Å². The van der Waals surface area contributed by atoms with Crippen molar-refractivity contribution in [2.75, 3.05) is 5.32 Å². The molecule has 0 aliphatic heterocycles. The molecule has 2 aromatic rings. The highest BCUT2D eigenvalue weighted by Gasteiger charge is 2.07. The lowest BCUT2D eigenvalue weighted by molar-refractivity contribution is -0.116. The Balaban J connectivity index is 2.11. The molecule has 1 heterocycles. The number of hydrogen-bond donors (Lipinski definition) is 2. The number of benzene rings is 1. The van der Waals surface area contributed by atoms with Crippen LogP contribution in [0.25, 0.3) is 0 Å². The summed E-state index contributed by atoms with van der Waals surface area (Å²) in [6.07, 6.45) is 1.68. The summed E-state index contributed by atoms with van der Waals surface area (Å²) in [7, 11) is 0. The van der Waals surface area contributed by atoms with Gasteiger partial charge >= 0.3 is 0 Å². The van der Waals surface area contributed by atoms with Crippen molar-refractivity contribution >= 4 is 22.9 Å². The zero-order valence-electron chi connectivity index (χ0n) is 9.38. The smallest absolute Gasteiger partial charge is 0.244 e. The van der Waals surface area contributed by atoms with Crippen LogP contribution in [0.1, 0.15) is 5.56 Å². The normalized spacial score (nSPS) is 9.72. The second kappa shape index (κ2) is 5.29. The van der Waals surface area contributed by atoms with Gasteiger partial charge in [0.25, 0.3) is 0 Å². The molecular weight excluding hydrogens is 248 g/mol. The number of nitrogens with one attached hydrogen (secondary N) is 2. The van der Waals surface area contributed by atoms with E-state index in [4.69, 9.17) is 10.7 Å². The van der Waals surface area contributed by atoms with Crippen molar-refractivity contribution in [2.45, 2.75) is 6.54 Å². The van der Waals surface area contributed by atoms with E-state index >= 15 is 0 Å². The predicted molar refractivity (Wildman–Crippen MR) is 68.0 cm³/mol. The van der Waals surface area contributed by atoms with Crippen molar-refractivity contribution in [3.63, 3.8) is 0 Å². The number of nitriles is 1. The van der Waals surface area contributed by atoms with Gasteiger partial charge in [-0.05, 0) is 12.1 Å². The van der Waals surface area contributed by atoms with Crippen LogP contribution in [-0.4, -0.2) is 10.5 Å². The summed E-state index contributed by atoms with van der Waals surface area (Å²) in [5, 5.41) is 20.9. The average Bonchev–Trinajstić information content (AvgIpc) is 2.75. The van der Waals surface area contributed by atoms with E-state index in [1.165, 1.54) is 15.9 Å². The minimum Gasteiger partial charge on any atom is -0.323 e. The van der Waals surface area contributed by atoms with Crippen molar-refractivity contribution < 1.29 is 4.79 Å². The number of para-hydroxylation sites is 1. The molecule has 2 N–H and O–H groups in total.